The summed E-state index contributed by atoms with van der Waals surface area (Å²) in [5.74, 6) is -4.17. The van der Waals surface area contributed by atoms with Crippen molar-refractivity contribution in [3.05, 3.63) is 101 Å². The number of benzene rings is 2. The quantitative estimate of drug-likeness (QED) is 0.416. The standard InChI is InChI=1S/C22H14F2N2O3/c23-15-6-7-17(16(24)12-15)26-19(13-4-2-1-3-5-13)18(21(28)22(26)29)20(27)14-8-10-25-11-9-14/h1-12,19,27H/b20-18+. The molecule has 29 heavy (non-hydrogen) atoms. The molecular formula is C22H14F2N2O3. The molecule has 4 rings (SSSR count). The van der Waals surface area contributed by atoms with Crippen LogP contribution in [0.4, 0.5) is 14.5 Å². The first-order valence-electron chi connectivity index (χ1n) is 8.70. The third-order valence-corrected chi connectivity index (χ3v) is 4.68. The Morgan fingerprint density at radius 3 is 2.31 bits per heavy atom. The molecule has 1 fully saturated rings. The Kier molecular flexibility index (Phi) is 4.64. The van der Waals surface area contributed by atoms with Gasteiger partial charge >= 0.3 is 0 Å². The van der Waals surface area contributed by atoms with Gasteiger partial charge in [-0.05, 0) is 29.8 Å². The number of aliphatic hydroxyl groups excluding tert-OH is 1. The second-order valence-electron chi connectivity index (χ2n) is 6.41. The maximum atomic E-state index is 14.5. The van der Waals surface area contributed by atoms with Gasteiger partial charge in [0.05, 0.1) is 17.3 Å². The van der Waals surface area contributed by atoms with E-state index in [1.165, 1.54) is 24.5 Å². The molecule has 1 saturated heterocycles. The molecule has 0 bridgehead atoms. The van der Waals surface area contributed by atoms with Gasteiger partial charge in [-0.25, -0.2) is 8.78 Å². The van der Waals surface area contributed by atoms with E-state index in [9.17, 15) is 23.5 Å². The SMILES string of the molecule is O=C1C(=O)N(c2ccc(F)cc2F)C(c2ccccc2)/C1=C(\O)c1ccncc1. The van der Waals surface area contributed by atoms with Crippen molar-refractivity contribution in [1.82, 2.24) is 4.98 Å². The van der Waals surface area contributed by atoms with Crippen LogP contribution in [-0.2, 0) is 9.59 Å². The van der Waals surface area contributed by atoms with Gasteiger partial charge in [-0.1, -0.05) is 30.3 Å². The van der Waals surface area contributed by atoms with Crippen LogP contribution in [0.2, 0.25) is 0 Å². The molecule has 7 heteroatoms. The number of hydrogen-bond acceptors (Lipinski definition) is 4. The third-order valence-electron chi connectivity index (χ3n) is 4.68. The van der Waals surface area contributed by atoms with Crippen LogP contribution < -0.4 is 4.90 Å². The summed E-state index contributed by atoms with van der Waals surface area (Å²) in [7, 11) is 0. The average molecular weight is 392 g/mol. The highest BCUT2D eigenvalue weighted by molar-refractivity contribution is 6.51. The van der Waals surface area contributed by atoms with Crippen molar-refractivity contribution in [3.8, 4) is 0 Å². The summed E-state index contributed by atoms with van der Waals surface area (Å²) in [5, 5.41) is 10.8. The largest absolute Gasteiger partial charge is 0.507 e. The number of hydrogen-bond donors (Lipinski definition) is 1. The van der Waals surface area contributed by atoms with Gasteiger partial charge in [-0.3, -0.25) is 19.5 Å². The molecule has 3 aromatic rings. The molecule has 2 heterocycles. The number of anilines is 1. The fourth-order valence-electron chi connectivity index (χ4n) is 3.37. The van der Waals surface area contributed by atoms with E-state index < -0.39 is 35.1 Å². The number of halogens is 2. The number of rotatable bonds is 3. The van der Waals surface area contributed by atoms with E-state index in [2.05, 4.69) is 4.98 Å². The van der Waals surface area contributed by atoms with Crippen LogP contribution in [0.15, 0.2) is 78.6 Å². The predicted molar refractivity (Wildman–Crippen MR) is 102 cm³/mol. The van der Waals surface area contributed by atoms with E-state index in [0.29, 0.717) is 17.2 Å². The number of ketones is 1. The Morgan fingerprint density at radius 1 is 0.966 bits per heavy atom. The monoisotopic (exact) mass is 392 g/mol. The molecule has 1 atom stereocenters. The van der Waals surface area contributed by atoms with Gasteiger partial charge in [0.2, 0.25) is 0 Å². The van der Waals surface area contributed by atoms with E-state index in [1.54, 1.807) is 30.3 Å². The van der Waals surface area contributed by atoms with E-state index >= 15 is 0 Å². The van der Waals surface area contributed by atoms with Crippen LogP contribution in [0.1, 0.15) is 17.2 Å². The zero-order chi connectivity index (χ0) is 20.5. The molecular weight excluding hydrogens is 378 g/mol. The molecule has 1 aliphatic heterocycles. The topological polar surface area (TPSA) is 70.5 Å². The smallest absolute Gasteiger partial charge is 0.300 e. The number of carbonyl (C=O) groups excluding carboxylic acids is 2. The predicted octanol–water partition coefficient (Wildman–Crippen LogP) is 3.99. The van der Waals surface area contributed by atoms with E-state index in [-0.39, 0.29) is 11.3 Å². The number of nitrogens with zero attached hydrogens (tertiary/aromatic N) is 2. The van der Waals surface area contributed by atoms with Crippen LogP contribution in [0.5, 0.6) is 0 Å². The zero-order valence-electron chi connectivity index (χ0n) is 14.9. The van der Waals surface area contributed by atoms with E-state index in [1.807, 2.05) is 0 Å². The Bertz CT molecular complexity index is 1130. The normalized spacial score (nSPS) is 18.3. The lowest BCUT2D eigenvalue weighted by Gasteiger charge is -2.25. The van der Waals surface area contributed by atoms with Crippen molar-refractivity contribution in [2.75, 3.05) is 4.90 Å². The van der Waals surface area contributed by atoms with Crippen molar-refractivity contribution >= 4 is 23.1 Å². The minimum atomic E-state index is -1.08. The highest BCUT2D eigenvalue weighted by Gasteiger charge is 2.47. The molecule has 0 saturated carbocycles. The minimum absolute atomic E-state index is 0.184. The number of aliphatic hydroxyl groups is 1. The lowest BCUT2D eigenvalue weighted by atomic mass is 9.95. The van der Waals surface area contributed by atoms with E-state index in [0.717, 1.165) is 17.0 Å². The van der Waals surface area contributed by atoms with Crippen LogP contribution in [0.25, 0.3) is 5.76 Å². The van der Waals surface area contributed by atoms with Crippen LogP contribution >= 0.6 is 0 Å². The van der Waals surface area contributed by atoms with E-state index in [4.69, 9.17) is 0 Å². The summed E-state index contributed by atoms with van der Waals surface area (Å²) in [4.78, 5) is 30.5. The molecule has 1 aliphatic rings. The van der Waals surface area contributed by atoms with Crippen molar-refractivity contribution in [1.29, 1.82) is 0 Å². The minimum Gasteiger partial charge on any atom is -0.507 e. The molecule has 1 N–H and O–H groups in total. The Hall–Kier alpha value is -3.87. The molecule has 1 unspecified atom stereocenters. The fourth-order valence-corrected chi connectivity index (χ4v) is 3.37. The summed E-state index contributed by atoms with van der Waals surface area (Å²) in [6.07, 6.45) is 2.87. The fraction of sp³-hybridized carbons (Fsp3) is 0.0455. The lowest BCUT2D eigenvalue weighted by Crippen LogP contribution is -2.30. The lowest BCUT2D eigenvalue weighted by molar-refractivity contribution is -0.132. The van der Waals surface area contributed by atoms with Crippen molar-refractivity contribution in [3.63, 3.8) is 0 Å². The van der Waals surface area contributed by atoms with Crippen molar-refractivity contribution in [2.45, 2.75) is 6.04 Å². The second-order valence-corrected chi connectivity index (χ2v) is 6.41. The van der Waals surface area contributed by atoms with Gasteiger partial charge in [-0.15, -0.1) is 0 Å². The van der Waals surface area contributed by atoms with Gasteiger partial charge in [0.1, 0.15) is 17.4 Å². The number of carbonyl (C=O) groups is 2. The molecule has 0 radical (unpaired) electrons. The van der Waals surface area contributed by atoms with Crippen LogP contribution in [-0.4, -0.2) is 21.8 Å². The average Bonchev–Trinajstić information content (AvgIpc) is 3.00. The van der Waals surface area contributed by atoms with Crippen LogP contribution in [0, 0.1) is 11.6 Å². The zero-order valence-corrected chi connectivity index (χ0v) is 14.9. The Labute approximate surface area is 164 Å². The summed E-state index contributed by atoms with van der Waals surface area (Å²) in [5.41, 5.74) is 0.344. The molecule has 5 nitrogen and oxygen atoms in total. The summed E-state index contributed by atoms with van der Waals surface area (Å²) < 4.78 is 27.9. The highest BCUT2D eigenvalue weighted by Crippen LogP contribution is 2.42. The maximum absolute atomic E-state index is 14.5. The summed E-state index contributed by atoms with van der Waals surface area (Å²) in [6.45, 7) is 0. The second kappa shape index (κ2) is 7.27. The summed E-state index contributed by atoms with van der Waals surface area (Å²) >= 11 is 0. The van der Waals surface area contributed by atoms with Gasteiger partial charge in [0.25, 0.3) is 11.7 Å². The van der Waals surface area contributed by atoms with Gasteiger partial charge < -0.3 is 5.11 Å². The number of amides is 1. The Balaban J connectivity index is 1.97. The molecule has 1 amide bonds. The van der Waals surface area contributed by atoms with Crippen molar-refractivity contribution < 1.29 is 23.5 Å². The first kappa shape index (κ1) is 18.5. The van der Waals surface area contributed by atoms with Gasteiger partial charge in [-0.2, -0.15) is 0 Å². The molecule has 1 aromatic heterocycles. The van der Waals surface area contributed by atoms with Gasteiger partial charge in [0.15, 0.2) is 0 Å². The maximum Gasteiger partial charge on any atom is 0.300 e. The van der Waals surface area contributed by atoms with Gasteiger partial charge in [0, 0.05) is 24.0 Å². The Morgan fingerprint density at radius 2 is 1.66 bits per heavy atom. The summed E-state index contributed by atoms with van der Waals surface area (Å²) in [6, 6.07) is 13.1. The van der Waals surface area contributed by atoms with Crippen molar-refractivity contribution in [2.24, 2.45) is 0 Å². The molecule has 144 valence electrons. The number of Topliss-reactive ketones (excluding diaryl/α,β-unsaturated/α-hetero) is 1. The number of aromatic nitrogens is 1. The molecule has 2 aromatic carbocycles. The first-order valence-corrected chi connectivity index (χ1v) is 8.70. The highest BCUT2D eigenvalue weighted by atomic mass is 19.1. The van der Waals surface area contributed by atoms with Crippen LogP contribution in [0.3, 0.4) is 0 Å². The number of pyridine rings is 1. The third kappa shape index (κ3) is 3.16. The molecule has 0 spiro atoms. The first-order chi connectivity index (χ1) is 14.0. The molecule has 0 aliphatic carbocycles.